The van der Waals surface area contributed by atoms with E-state index in [1.54, 1.807) is 0 Å². The number of ketones is 1. The fourth-order valence-corrected chi connectivity index (χ4v) is 2.76. The van der Waals surface area contributed by atoms with Gasteiger partial charge < -0.3 is 0 Å². The van der Waals surface area contributed by atoms with E-state index in [9.17, 15) is 4.79 Å². The van der Waals surface area contributed by atoms with Crippen molar-refractivity contribution in [1.29, 1.82) is 0 Å². The highest BCUT2D eigenvalue weighted by atomic mass is 32.1. The highest BCUT2D eigenvalue weighted by Crippen LogP contribution is 2.26. The van der Waals surface area contributed by atoms with Gasteiger partial charge in [-0.05, 0) is 24.0 Å². The highest BCUT2D eigenvalue weighted by molar-refractivity contribution is 7.08. The fraction of sp³-hybridized carbons (Fsp3) is 0.400. The summed E-state index contributed by atoms with van der Waals surface area (Å²) in [5.41, 5.74) is 2.86. The molecule has 0 aliphatic rings. The van der Waals surface area contributed by atoms with Gasteiger partial charge in [0.2, 0.25) is 0 Å². The van der Waals surface area contributed by atoms with Gasteiger partial charge in [-0.25, -0.2) is 0 Å². The van der Waals surface area contributed by atoms with Crippen molar-refractivity contribution in [3.63, 3.8) is 0 Å². The minimum Gasteiger partial charge on any atom is -0.293 e. The number of carbonyl (C=O) groups excluding carboxylic acids is 1. The van der Waals surface area contributed by atoms with Crippen LogP contribution in [0.15, 0.2) is 24.3 Å². The van der Waals surface area contributed by atoms with Gasteiger partial charge in [0.25, 0.3) is 0 Å². The van der Waals surface area contributed by atoms with Crippen LogP contribution in [-0.4, -0.2) is 15.4 Å². The van der Waals surface area contributed by atoms with E-state index in [2.05, 4.69) is 9.59 Å². The van der Waals surface area contributed by atoms with Crippen molar-refractivity contribution in [3.8, 4) is 0 Å². The first kappa shape index (κ1) is 13.9. The van der Waals surface area contributed by atoms with Gasteiger partial charge in [-0.3, -0.25) is 4.79 Å². The molecule has 2 rings (SSSR count). The number of aryl methyl sites for hydroxylation is 1. The first-order chi connectivity index (χ1) is 8.88. The van der Waals surface area contributed by atoms with Gasteiger partial charge in [0.15, 0.2) is 5.78 Å². The minimum absolute atomic E-state index is 0.102. The van der Waals surface area contributed by atoms with Gasteiger partial charge in [-0.2, -0.15) is 0 Å². The first-order valence-corrected chi connectivity index (χ1v) is 7.07. The number of nitrogens with zero attached hydrogens (tertiary/aromatic N) is 2. The molecule has 0 aliphatic heterocycles. The maximum atomic E-state index is 12.4. The summed E-state index contributed by atoms with van der Waals surface area (Å²) >= 11 is 1.20. The van der Waals surface area contributed by atoms with Gasteiger partial charge in [0.1, 0.15) is 4.88 Å². The summed E-state index contributed by atoms with van der Waals surface area (Å²) in [6.07, 6.45) is 0.411. The van der Waals surface area contributed by atoms with E-state index in [1.807, 2.05) is 52.0 Å². The second-order valence-electron chi connectivity index (χ2n) is 5.79. The van der Waals surface area contributed by atoms with Crippen LogP contribution in [0.3, 0.4) is 0 Å². The van der Waals surface area contributed by atoms with Crippen molar-refractivity contribution in [1.82, 2.24) is 9.59 Å². The summed E-state index contributed by atoms with van der Waals surface area (Å²) in [6, 6.07) is 8.04. The van der Waals surface area contributed by atoms with Crippen molar-refractivity contribution >= 4 is 17.3 Å². The van der Waals surface area contributed by atoms with E-state index in [4.69, 9.17) is 0 Å². The molecule has 2 aromatic rings. The van der Waals surface area contributed by atoms with E-state index in [-0.39, 0.29) is 11.2 Å². The summed E-state index contributed by atoms with van der Waals surface area (Å²) in [4.78, 5) is 13.1. The molecule has 19 heavy (non-hydrogen) atoms. The molecule has 0 saturated heterocycles. The van der Waals surface area contributed by atoms with Crippen LogP contribution >= 0.6 is 11.5 Å². The topological polar surface area (TPSA) is 42.9 Å². The molecule has 0 aliphatic carbocycles. The molecule has 1 heterocycles. The normalized spacial score (nSPS) is 11.6. The van der Waals surface area contributed by atoms with Crippen LogP contribution in [0.1, 0.15) is 47.3 Å². The molecule has 4 heteroatoms. The lowest BCUT2D eigenvalue weighted by Crippen LogP contribution is -2.17. The van der Waals surface area contributed by atoms with E-state index in [1.165, 1.54) is 17.1 Å². The molecule has 100 valence electrons. The molecule has 0 radical (unpaired) electrons. The molecule has 0 atom stereocenters. The Hall–Kier alpha value is -1.55. The zero-order chi connectivity index (χ0) is 14.0. The molecule has 0 spiro atoms. The van der Waals surface area contributed by atoms with Gasteiger partial charge >= 0.3 is 0 Å². The Morgan fingerprint density at radius 1 is 1.32 bits per heavy atom. The Kier molecular flexibility index (Phi) is 3.80. The van der Waals surface area contributed by atoms with E-state index < -0.39 is 0 Å². The molecular formula is C15H18N2OS. The van der Waals surface area contributed by atoms with E-state index in [0.717, 1.165) is 11.3 Å². The summed E-state index contributed by atoms with van der Waals surface area (Å²) in [5, 5.41) is 4.12. The summed E-state index contributed by atoms with van der Waals surface area (Å²) < 4.78 is 3.94. The van der Waals surface area contributed by atoms with Gasteiger partial charge in [-0.1, -0.05) is 55.1 Å². The van der Waals surface area contributed by atoms with Gasteiger partial charge in [0, 0.05) is 11.8 Å². The maximum Gasteiger partial charge on any atom is 0.180 e. The first-order valence-electron chi connectivity index (χ1n) is 6.29. The third-order valence-corrected chi connectivity index (χ3v) is 3.67. The number of hydrogen-bond donors (Lipinski definition) is 0. The van der Waals surface area contributed by atoms with Crippen LogP contribution in [0.25, 0.3) is 0 Å². The number of aromatic nitrogens is 2. The Morgan fingerprint density at radius 3 is 2.68 bits per heavy atom. The Labute approximate surface area is 117 Å². The van der Waals surface area contributed by atoms with E-state index >= 15 is 0 Å². The molecule has 3 nitrogen and oxygen atoms in total. The van der Waals surface area contributed by atoms with Crippen LogP contribution in [0.5, 0.6) is 0 Å². The average molecular weight is 274 g/mol. The lowest BCUT2D eigenvalue weighted by atomic mass is 9.90. The Balaban J connectivity index is 2.24. The summed E-state index contributed by atoms with van der Waals surface area (Å²) in [7, 11) is 0. The molecule has 1 aromatic heterocycles. The van der Waals surface area contributed by atoms with Gasteiger partial charge in [-0.15, -0.1) is 5.10 Å². The third kappa shape index (κ3) is 3.26. The van der Waals surface area contributed by atoms with Crippen molar-refractivity contribution < 1.29 is 4.79 Å². The second-order valence-corrected chi connectivity index (χ2v) is 6.54. The Bertz CT molecular complexity index is 596. The number of Topliss-reactive ketones (excluding diaryl/α,β-unsaturated/α-hetero) is 1. The number of hydrogen-bond acceptors (Lipinski definition) is 4. The number of benzene rings is 1. The minimum atomic E-state index is -0.148. The lowest BCUT2D eigenvalue weighted by molar-refractivity contribution is 0.0994. The maximum absolute atomic E-state index is 12.4. The zero-order valence-corrected chi connectivity index (χ0v) is 12.5. The lowest BCUT2D eigenvalue weighted by Gasteiger charge is -2.15. The predicted octanol–water partition coefficient (Wildman–Crippen LogP) is 3.57. The fourth-order valence-electron chi connectivity index (χ4n) is 1.95. The molecule has 0 N–H and O–H groups in total. The molecule has 0 fully saturated rings. The molecule has 0 amide bonds. The zero-order valence-electron chi connectivity index (χ0n) is 11.7. The molecule has 1 aromatic carbocycles. The third-order valence-electron chi connectivity index (χ3n) is 2.90. The van der Waals surface area contributed by atoms with E-state index in [0.29, 0.717) is 11.3 Å². The summed E-state index contributed by atoms with van der Waals surface area (Å²) in [5.74, 6) is 0.102. The average Bonchev–Trinajstić information content (AvgIpc) is 2.77. The van der Waals surface area contributed by atoms with Crippen LogP contribution in [-0.2, 0) is 11.8 Å². The van der Waals surface area contributed by atoms with Crippen molar-refractivity contribution in [2.75, 3.05) is 0 Å². The van der Waals surface area contributed by atoms with Crippen molar-refractivity contribution in [3.05, 3.63) is 46.0 Å². The van der Waals surface area contributed by atoms with Crippen molar-refractivity contribution in [2.24, 2.45) is 0 Å². The quantitative estimate of drug-likeness (QED) is 0.804. The Morgan fingerprint density at radius 2 is 2.05 bits per heavy atom. The molecule has 0 bridgehead atoms. The number of rotatable bonds is 3. The van der Waals surface area contributed by atoms with Crippen LogP contribution in [0.2, 0.25) is 0 Å². The SMILES string of the molecule is Cc1cccc(CC(=O)c2snnc2C(C)(C)C)c1. The highest BCUT2D eigenvalue weighted by Gasteiger charge is 2.26. The molecule has 0 saturated carbocycles. The van der Waals surface area contributed by atoms with Gasteiger partial charge in [0.05, 0.1) is 5.69 Å². The van der Waals surface area contributed by atoms with Crippen LogP contribution < -0.4 is 0 Å². The predicted molar refractivity (Wildman–Crippen MR) is 77.8 cm³/mol. The van der Waals surface area contributed by atoms with Crippen LogP contribution in [0, 0.1) is 6.92 Å². The monoisotopic (exact) mass is 274 g/mol. The largest absolute Gasteiger partial charge is 0.293 e. The summed E-state index contributed by atoms with van der Waals surface area (Å²) in [6.45, 7) is 8.18. The number of carbonyl (C=O) groups is 1. The standard InChI is InChI=1S/C15H18N2OS/c1-10-6-5-7-11(8-10)9-12(18)13-14(15(2,3)4)16-17-19-13/h5-8H,9H2,1-4H3. The smallest absolute Gasteiger partial charge is 0.180 e. The second kappa shape index (κ2) is 5.21. The van der Waals surface area contributed by atoms with Crippen LogP contribution in [0.4, 0.5) is 0 Å². The molecule has 0 unspecified atom stereocenters. The van der Waals surface area contributed by atoms with Crippen molar-refractivity contribution in [2.45, 2.75) is 39.5 Å². The molecular weight excluding hydrogens is 256 g/mol.